The van der Waals surface area contributed by atoms with Crippen LogP contribution in [0.3, 0.4) is 0 Å². The van der Waals surface area contributed by atoms with E-state index < -0.39 is 0 Å². The van der Waals surface area contributed by atoms with Gasteiger partial charge in [0.15, 0.2) is 11.5 Å². The van der Waals surface area contributed by atoms with Crippen molar-refractivity contribution in [1.29, 1.82) is 0 Å². The van der Waals surface area contributed by atoms with E-state index in [9.17, 15) is 9.90 Å². The van der Waals surface area contributed by atoms with Crippen molar-refractivity contribution < 1.29 is 19.4 Å². The summed E-state index contributed by atoms with van der Waals surface area (Å²) in [6.07, 6.45) is 3.20. The zero-order valence-electron chi connectivity index (χ0n) is 14.7. The Morgan fingerprint density at radius 2 is 1.84 bits per heavy atom. The number of amides is 1. The quantitative estimate of drug-likeness (QED) is 0.678. The van der Waals surface area contributed by atoms with Crippen LogP contribution >= 0.6 is 0 Å². The van der Waals surface area contributed by atoms with Crippen LogP contribution in [0.1, 0.15) is 42.1 Å². The highest BCUT2D eigenvalue weighted by molar-refractivity contribution is 5.94. The lowest BCUT2D eigenvalue weighted by Crippen LogP contribution is -2.22. The van der Waals surface area contributed by atoms with Crippen LogP contribution in [0.5, 0.6) is 17.2 Å². The van der Waals surface area contributed by atoms with Gasteiger partial charge >= 0.3 is 0 Å². The first kappa shape index (κ1) is 18.6. The molecule has 0 fully saturated rings. The minimum absolute atomic E-state index is 0.186. The molecule has 25 heavy (non-hydrogen) atoms. The number of phenolic OH excluding ortho intramolecular Hbond substituents is 1. The minimum atomic E-state index is -0.186. The Balaban J connectivity index is 1.99. The van der Waals surface area contributed by atoms with Gasteiger partial charge in [-0.05, 0) is 42.3 Å². The number of aromatic hydroxyl groups is 1. The van der Waals surface area contributed by atoms with Gasteiger partial charge in [-0.3, -0.25) is 4.79 Å². The van der Waals surface area contributed by atoms with Crippen molar-refractivity contribution in [2.24, 2.45) is 0 Å². The Morgan fingerprint density at radius 1 is 1.08 bits per heavy atom. The zero-order chi connectivity index (χ0) is 18.1. The van der Waals surface area contributed by atoms with Crippen LogP contribution < -0.4 is 14.8 Å². The molecular formula is C20H25NO4. The second kappa shape index (κ2) is 9.57. The van der Waals surface area contributed by atoms with E-state index in [0.29, 0.717) is 30.2 Å². The van der Waals surface area contributed by atoms with Gasteiger partial charge in [-0.2, -0.15) is 0 Å². The van der Waals surface area contributed by atoms with Crippen LogP contribution in [0.25, 0.3) is 0 Å². The van der Waals surface area contributed by atoms with Crippen LogP contribution in [-0.2, 0) is 6.54 Å². The highest BCUT2D eigenvalue weighted by Gasteiger charge is 2.11. The third-order valence-corrected chi connectivity index (χ3v) is 3.82. The SMILES string of the molecule is CCCCCOc1cc(C(=O)NCc2ccc(O)cc2)ccc1OC. The number of carbonyl (C=O) groups is 1. The van der Waals surface area contributed by atoms with Gasteiger partial charge in [-0.25, -0.2) is 0 Å². The largest absolute Gasteiger partial charge is 0.508 e. The smallest absolute Gasteiger partial charge is 0.251 e. The van der Waals surface area contributed by atoms with Gasteiger partial charge in [0, 0.05) is 12.1 Å². The summed E-state index contributed by atoms with van der Waals surface area (Å²) in [5.41, 5.74) is 1.43. The monoisotopic (exact) mass is 343 g/mol. The number of ether oxygens (including phenoxy) is 2. The van der Waals surface area contributed by atoms with Crippen molar-refractivity contribution in [3.05, 3.63) is 53.6 Å². The van der Waals surface area contributed by atoms with E-state index in [1.54, 1.807) is 49.6 Å². The number of phenols is 1. The van der Waals surface area contributed by atoms with Gasteiger partial charge in [0.05, 0.1) is 13.7 Å². The maximum Gasteiger partial charge on any atom is 0.251 e. The summed E-state index contributed by atoms with van der Waals surface area (Å²) in [6, 6.07) is 11.9. The molecule has 2 aromatic carbocycles. The number of hydrogen-bond acceptors (Lipinski definition) is 4. The fourth-order valence-corrected chi connectivity index (χ4v) is 2.36. The fraction of sp³-hybridized carbons (Fsp3) is 0.350. The third kappa shape index (κ3) is 5.71. The molecule has 0 aliphatic carbocycles. The molecular weight excluding hydrogens is 318 g/mol. The van der Waals surface area contributed by atoms with Crippen molar-refractivity contribution in [3.63, 3.8) is 0 Å². The number of nitrogens with one attached hydrogen (secondary N) is 1. The first-order valence-electron chi connectivity index (χ1n) is 8.51. The summed E-state index contributed by atoms with van der Waals surface area (Å²) in [4.78, 5) is 12.4. The zero-order valence-corrected chi connectivity index (χ0v) is 14.7. The molecule has 0 atom stereocenters. The molecule has 0 radical (unpaired) electrons. The second-order valence-corrected chi connectivity index (χ2v) is 5.77. The third-order valence-electron chi connectivity index (χ3n) is 3.82. The van der Waals surface area contributed by atoms with Crippen molar-refractivity contribution in [2.45, 2.75) is 32.7 Å². The van der Waals surface area contributed by atoms with Gasteiger partial charge < -0.3 is 19.9 Å². The van der Waals surface area contributed by atoms with Crippen LogP contribution in [0.2, 0.25) is 0 Å². The number of carbonyl (C=O) groups excluding carboxylic acids is 1. The average Bonchev–Trinajstić information content (AvgIpc) is 2.64. The molecule has 0 aliphatic rings. The van der Waals surface area contributed by atoms with E-state index in [1.165, 1.54) is 0 Å². The molecule has 0 heterocycles. The van der Waals surface area contributed by atoms with Gasteiger partial charge in [0.1, 0.15) is 5.75 Å². The topological polar surface area (TPSA) is 67.8 Å². The van der Waals surface area contributed by atoms with Crippen molar-refractivity contribution >= 4 is 5.91 Å². The molecule has 0 saturated heterocycles. The van der Waals surface area contributed by atoms with Crippen LogP contribution in [0, 0.1) is 0 Å². The maximum atomic E-state index is 12.4. The predicted molar refractivity (Wildman–Crippen MR) is 97.3 cm³/mol. The van der Waals surface area contributed by atoms with Gasteiger partial charge in [0.2, 0.25) is 0 Å². The number of methoxy groups -OCH3 is 1. The summed E-state index contributed by atoms with van der Waals surface area (Å²) in [6.45, 7) is 3.13. The average molecular weight is 343 g/mol. The number of hydrogen-bond donors (Lipinski definition) is 2. The molecule has 0 aromatic heterocycles. The minimum Gasteiger partial charge on any atom is -0.508 e. The molecule has 2 N–H and O–H groups in total. The maximum absolute atomic E-state index is 12.4. The molecule has 2 aromatic rings. The van der Waals surface area contributed by atoms with E-state index in [-0.39, 0.29) is 11.7 Å². The van der Waals surface area contributed by atoms with E-state index in [1.807, 2.05) is 0 Å². The lowest BCUT2D eigenvalue weighted by Gasteiger charge is -2.12. The summed E-state index contributed by atoms with van der Waals surface area (Å²) in [5, 5.41) is 12.1. The van der Waals surface area contributed by atoms with Crippen molar-refractivity contribution in [2.75, 3.05) is 13.7 Å². The molecule has 0 spiro atoms. The van der Waals surface area contributed by atoms with Crippen molar-refractivity contribution in [3.8, 4) is 17.2 Å². The molecule has 134 valence electrons. The van der Waals surface area contributed by atoms with Gasteiger partial charge in [0.25, 0.3) is 5.91 Å². The summed E-state index contributed by atoms with van der Waals surface area (Å²) in [5.74, 6) is 1.21. The Hall–Kier alpha value is -2.69. The highest BCUT2D eigenvalue weighted by Crippen LogP contribution is 2.28. The van der Waals surface area contributed by atoms with Gasteiger partial charge in [-0.15, -0.1) is 0 Å². The van der Waals surface area contributed by atoms with E-state index in [2.05, 4.69) is 12.2 Å². The van der Waals surface area contributed by atoms with Crippen LogP contribution in [0.15, 0.2) is 42.5 Å². The molecule has 2 rings (SSSR count). The summed E-state index contributed by atoms with van der Waals surface area (Å²) < 4.78 is 11.1. The first-order valence-corrected chi connectivity index (χ1v) is 8.51. The lowest BCUT2D eigenvalue weighted by atomic mass is 10.1. The highest BCUT2D eigenvalue weighted by atomic mass is 16.5. The molecule has 5 heteroatoms. The first-order chi connectivity index (χ1) is 12.1. The van der Waals surface area contributed by atoms with Gasteiger partial charge in [-0.1, -0.05) is 31.9 Å². The number of benzene rings is 2. The molecule has 1 amide bonds. The molecule has 0 saturated carbocycles. The molecule has 0 unspecified atom stereocenters. The summed E-state index contributed by atoms with van der Waals surface area (Å²) in [7, 11) is 1.58. The lowest BCUT2D eigenvalue weighted by molar-refractivity contribution is 0.0950. The summed E-state index contributed by atoms with van der Waals surface area (Å²) >= 11 is 0. The molecule has 5 nitrogen and oxygen atoms in total. The normalized spacial score (nSPS) is 10.3. The Bertz CT molecular complexity index is 683. The fourth-order valence-electron chi connectivity index (χ4n) is 2.36. The van der Waals surface area contributed by atoms with E-state index >= 15 is 0 Å². The molecule has 0 aliphatic heterocycles. The van der Waals surface area contributed by atoms with Crippen LogP contribution in [-0.4, -0.2) is 24.7 Å². The Morgan fingerprint density at radius 3 is 2.52 bits per heavy atom. The van der Waals surface area contributed by atoms with Crippen LogP contribution in [0.4, 0.5) is 0 Å². The predicted octanol–water partition coefficient (Wildman–Crippen LogP) is 3.90. The Labute approximate surface area is 148 Å². The van der Waals surface area contributed by atoms with E-state index in [0.717, 1.165) is 24.8 Å². The second-order valence-electron chi connectivity index (χ2n) is 5.77. The molecule has 0 bridgehead atoms. The number of rotatable bonds is 9. The Kier molecular flexibility index (Phi) is 7.14. The van der Waals surface area contributed by atoms with Crippen molar-refractivity contribution in [1.82, 2.24) is 5.32 Å². The standard InChI is InChI=1S/C20H25NO4/c1-3-4-5-12-25-19-13-16(8-11-18(19)24-2)20(23)21-14-15-6-9-17(22)10-7-15/h6-11,13,22H,3-5,12,14H2,1-2H3,(H,21,23). The van der Waals surface area contributed by atoms with E-state index in [4.69, 9.17) is 9.47 Å². The number of unbranched alkanes of at least 4 members (excludes halogenated alkanes) is 2.